The van der Waals surface area contributed by atoms with Crippen molar-refractivity contribution in [3.05, 3.63) is 34.3 Å². The average Bonchev–Trinajstić information content (AvgIpc) is 2.42. The SMILES string of the molecule is CC1CCC(CO)(NC(=O)c2ccc(Br)cc2)CC1. The molecule has 1 saturated carbocycles. The predicted molar refractivity (Wildman–Crippen MR) is 79.1 cm³/mol. The highest BCUT2D eigenvalue weighted by Gasteiger charge is 2.35. The minimum atomic E-state index is -0.434. The van der Waals surface area contributed by atoms with Gasteiger partial charge in [-0.15, -0.1) is 0 Å². The number of nitrogens with one attached hydrogen (secondary N) is 1. The van der Waals surface area contributed by atoms with Crippen molar-refractivity contribution >= 4 is 21.8 Å². The van der Waals surface area contributed by atoms with Crippen LogP contribution in [0.1, 0.15) is 43.0 Å². The summed E-state index contributed by atoms with van der Waals surface area (Å²) in [6, 6.07) is 7.28. The van der Waals surface area contributed by atoms with Gasteiger partial charge in [0.05, 0.1) is 12.1 Å². The Kier molecular flexibility index (Phi) is 4.63. The van der Waals surface area contributed by atoms with Gasteiger partial charge in [0.2, 0.25) is 0 Å². The largest absolute Gasteiger partial charge is 0.394 e. The van der Waals surface area contributed by atoms with Crippen LogP contribution in [0.15, 0.2) is 28.7 Å². The number of halogens is 1. The number of rotatable bonds is 3. The zero-order chi connectivity index (χ0) is 13.9. The molecule has 0 saturated heterocycles. The molecule has 0 spiro atoms. The molecule has 104 valence electrons. The van der Waals surface area contributed by atoms with Crippen LogP contribution < -0.4 is 5.32 Å². The molecule has 0 atom stereocenters. The molecule has 3 nitrogen and oxygen atoms in total. The molecule has 1 aliphatic rings. The van der Waals surface area contributed by atoms with Gasteiger partial charge in [0.25, 0.3) is 5.91 Å². The van der Waals surface area contributed by atoms with E-state index in [9.17, 15) is 9.90 Å². The molecule has 1 fully saturated rings. The van der Waals surface area contributed by atoms with Gasteiger partial charge in [-0.1, -0.05) is 22.9 Å². The van der Waals surface area contributed by atoms with Crippen molar-refractivity contribution in [3.8, 4) is 0 Å². The molecule has 19 heavy (non-hydrogen) atoms. The first-order chi connectivity index (χ1) is 9.04. The van der Waals surface area contributed by atoms with Crippen molar-refractivity contribution in [1.82, 2.24) is 5.32 Å². The van der Waals surface area contributed by atoms with Crippen molar-refractivity contribution < 1.29 is 9.90 Å². The summed E-state index contributed by atoms with van der Waals surface area (Å²) in [5.74, 6) is 0.584. The maximum atomic E-state index is 12.2. The molecular formula is C15H20BrNO2. The highest BCUT2D eigenvalue weighted by Crippen LogP contribution is 2.31. The van der Waals surface area contributed by atoms with E-state index in [1.165, 1.54) is 0 Å². The number of hydrogen-bond acceptors (Lipinski definition) is 2. The Morgan fingerprint density at radius 1 is 1.37 bits per heavy atom. The number of hydrogen-bond donors (Lipinski definition) is 2. The molecule has 2 N–H and O–H groups in total. The smallest absolute Gasteiger partial charge is 0.251 e. The lowest BCUT2D eigenvalue weighted by Gasteiger charge is -2.38. The fourth-order valence-electron chi connectivity index (χ4n) is 2.55. The van der Waals surface area contributed by atoms with Gasteiger partial charge >= 0.3 is 0 Å². The number of amides is 1. The lowest BCUT2D eigenvalue weighted by molar-refractivity contribution is 0.0717. The molecule has 0 bridgehead atoms. The van der Waals surface area contributed by atoms with Gasteiger partial charge in [-0.3, -0.25) is 4.79 Å². The average molecular weight is 326 g/mol. The Morgan fingerprint density at radius 2 is 1.95 bits per heavy atom. The summed E-state index contributed by atoms with van der Waals surface area (Å²) in [5.41, 5.74) is 0.200. The van der Waals surface area contributed by atoms with E-state index in [0.29, 0.717) is 11.5 Å². The van der Waals surface area contributed by atoms with Crippen LogP contribution >= 0.6 is 15.9 Å². The third-order valence-corrected chi connectivity index (χ3v) is 4.55. The van der Waals surface area contributed by atoms with Crippen LogP contribution in [0.3, 0.4) is 0 Å². The summed E-state index contributed by atoms with van der Waals surface area (Å²) in [5, 5.41) is 12.7. The summed E-state index contributed by atoms with van der Waals surface area (Å²) in [6.45, 7) is 2.24. The molecule has 1 aromatic rings. The van der Waals surface area contributed by atoms with Crippen LogP contribution in [0.4, 0.5) is 0 Å². The molecular weight excluding hydrogens is 306 g/mol. The second kappa shape index (κ2) is 6.06. The third-order valence-electron chi connectivity index (χ3n) is 4.02. The Hall–Kier alpha value is -0.870. The van der Waals surface area contributed by atoms with Crippen molar-refractivity contribution in [1.29, 1.82) is 0 Å². The van der Waals surface area contributed by atoms with Gasteiger partial charge in [0, 0.05) is 10.0 Å². The Bertz CT molecular complexity index is 436. The zero-order valence-electron chi connectivity index (χ0n) is 11.2. The van der Waals surface area contributed by atoms with Gasteiger partial charge in [0.15, 0.2) is 0 Å². The normalized spacial score (nSPS) is 27.0. The van der Waals surface area contributed by atoms with Crippen molar-refractivity contribution in [3.63, 3.8) is 0 Å². The minimum absolute atomic E-state index is 0.0159. The van der Waals surface area contributed by atoms with Crippen molar-refractivity contribution in [2.75, 3.05) is 6.61 Å². The number of aliphatic hydroxyl groups is 1. The van der Waals surface area contributed by atoms with Crippen LogP contribution in [0, 0.1) is 5.92 Å². The fourth-order valence-corrected chi connectivity index (χ4v) is 2.82. The van der Waals surface area contributed by atoms with Gasteiger partial charge in [-0.05, 0) is 55.9 Å². The van der Waals surface area contributed by atoms with E-state index in [1.54, 1.807) is 12.1 Å². The lowest BCUT2D eigenvalue weighted by atomic mass is 9.77. The molecule has 1 aliphatic carbocycles. The van der Waals surface area contributed by atoms with E-state index in [0.717, 1.165) is 30.2 Å². The number of benzene rings is 1. The standard InChI is InChI=1S/C15H20BrNO2/c1-11-6-8-15(10-18,9-7-11)17-14(19)12-2-4-13(16)5-3-12/h2-5,11,18H,6-10H2,1H3,(H,17,19). The summed E-state index contributed by atoms with van der Waals surface area (Å²) >= 11 is 3.35. The Labute approximate surface area is 122 Å². The molecule has 0 unspecified atom stereocenters. The first kappa shape index (κ1) is 14.5. The maximum absolute atomic E-state index is 12.2. The van der Waals surface area contributed by atoms with E-state index in [1.807, 2.05) is 12.1 Å². The van der Waals surface area contributed by atoms with E-state index in [2.05, 4.69) is 28.2 Å². The maximum Gasteiger partial charge on any atom is 0.251 e. The van der Waals surface area contributed by atoms with Gasteiger partial charge in [-0.2, -0.15) is 0 Å². The van der Waals surface area contributed by atoms with Crippen LogP contribution in [-0.4, -0.2) is 23.2 Å². The monoisotopic (exact) mass is 325 g/mol. The summed E-state index contributed by atoms with van der Waals surface area (Å²) in [6.07, 6.45) is 3.82. The van der Waals surface area contributed by atoms with E-state index < -0.39 is 5.54 Å². The molecule has 2 rings (SSSR count). The van der Waals surface area contributed by atoms with Crippen molar-refractivity contribution in [2.45, 2.75) is 38.1 Å². The molecule has 1 aromatic carbocycles. The van der Waals surface area contributed by atoms with Crippen LogP contribution in [0.25, 0.3) is 0 Å². The van der Waals surface area contributed by atoms with E-state index in [4.69, 9.17) is 0 Å². The first-order valence-electron chi connectivity index (χ1n) is 6.74. The zero-order valence-corrected chi connectivity index (χ0v) is 12.7. The Balaban J connectivity index is 2.06. The number of carbonyl (C=O) groups is 1. The molecule has 0 aromatic heterocycles. The predicted octanol–water partition coefficient (Wildman–Crippen LogP) is 3.12. The first-order valence-corrected chi connectivity index (χ1v) is 7.53. The summed E-state index contributed by atoms with van der Waals surface area (Å²) in [7, 11) is 0. The highest BCUT2D eigenvalue weighted by atomic mass is 79.9. The molecule has 4 heteroatoms. The number of aliphatic hydroxyl groups excluding tert-OH is 1. The molecule has 0 radical (unpaired) electrons. The summed E-state index contributed by atoms with van der Waals surface area (Å²) in [4.78, 5) is 12.2. The quantitative estimate of drug-likeness (QED) is 0.897. The van der Waals surface area contributed by atoms with Crippen LogP contribution in [-0.2, 0) is 0 Å². The minimum Gasteiger partial charge on any atom is -0.394 e. The van der Waals surface area contributed by atoms with Gasteiger partial charge in [0.1, 0.15) is 0 Å². The van der Waals surface area contributed by atoms with Crippen molar-refractivity contribution in [2.24, 2.45) is 5.92 Å². The lowest BCUT2D eigenvalue weighted by Crippen LogP contribution is -2.53. The van der Waals surface area contributed by atoms with Gasteiger partial charge in [-0.25, -0.2) is 0 Å². The molecule has 1 amide bonds. The van der Waals surface area contributed by atoms with Crippen LogP contribution in [0.5, 0.6) is 0 Å². The number of carbonyl (C=O) groups excluding carboxylic acids is 1. The third kappa shape index (κ3) is 3.57. The fraction of sp³-hybridized carbons (Fsp3) is 0.533. The second-order valence-corrected chi connectivity index (χ2v) is 6.50. The van der Waals surface area contributed by atoms with Crippen LogP contribution in [0.2, 0.25) is 0 Å². The molecule has 0 heterocycles. The second-order valence-electron chi connectivity index (χ2n) is 5.58. The topological polar surface area (TPSA) is 49.3 Å². The van der Waals surface area contributed by atoms with Gasteiger partial charge < -0.3 is 10.4 Å². The molecule has 0 aliphatic heterocycles. The van der Waals surface area contributed by atoms with E-state index >= 15 is 0 Å². The highest BCUT2D eigenvalue weighted by molar-refractivity contribution is 9.10. The Morgan fingerprint density at radius 3 is 2.47 bits per heavy atom. The van der Waals surface area contributed by atoms with E-state index in [-0.39, 0.29) is 12.5 Å². The summed E-state index contributed by atoms with van der Waals surface area (Å²) < 4.78 is 0.951.